The number of carbonyl (C=O) groups is 2. The third-order valence-electron chi connectivity index (χ3n) is 7.10. The van der Waals surface area contributed by atoms with Gasteiger partial charge in [-0.25, -0.2) is 0 Å². The highest BCUT2D eigenvalue weighted by Crippen LogP contribution is 2.52. The Hall–Kier alpha value is -1.89. The molecule has 2 aliphatic carbocycles. The molecule has 0 aromatic rings. The minimum absolute atomic E-state index is 0.0510. The third-order valence-corrected chi connectivity index (χ3v) is 7.10. The molecule has 0 aromatic carbocycles. The summed E-state index contributed by atoms with van der Waals surface area (Å²) >= 11 is 0. The lowest BCUT2D eigenvalue weighted by Crippen LogP contribution is -2.44. The largest absolute Gasteiger partial charge is 0.356 e. The molecule has 29 heavy (non-hydrogen) atoms. The fourth-order valence-corrected chi connectivity index (χ4v) is 5.67. The highest BCUT2D eigenvalue weighted by atomic mass is 16.2. The lowest BCUT2D eigenvalue weighted by atomic mass is 9.85. The van der Waals surface area contributed by atoms with Gasteiger partial charge in [-0.1, -0.05) is 19.1 Å². The number of allylic oxidation sites excluding steroid dienone is 2. The lowest BCUT2D eigenvalue weighted by Gasteiger charge is -2.30. The van der Waals surface area contributed by atoms with E-state index < -0.39 is 0 Å². The Morgan fingerprint density at radius 3 is 2.45 bits per heavy atom. The molecule has 2 aliphatic heterocycles. The normalized spacial score (nSPS) is 34.2. The number of guanidine groups is 1. The van der Waals surface area contributed by atoms with Crippen molar-refractivity contribution in [3.05, 3.63) is 12.2 Å². The van der Waals surface area contributed by atoms with Crippen molar-refractivity contribution in [2.45, 2.75) is 32.6 Å². The summed E-state index contributed by atoms with van der Waals surface area (Å²) in [6.45, 7) is 7.79. The molecule has 3 fully saturated rings. The van der Waals surface area contributed by atoms with Crippen LogP contribution < -0.4 is 10.6 Å². The second-order valence-corrected chi connectivity index (χ2v) is 9.16. The summed E-state index contributed by atoms with van der Waals surface area (Å²) in [5.41, 5.74) is 0. The van der Waals surface area contributed by atoms with Crippen LogP contribution in [0.1, 0.15) is 32.6 Å². The second kappa shape index (κ2) is 8.86. The number of rotatable bonds is 7. The van der Waals surface area contributed by atoms with Crippen molar-refractivity contribution in [3.8, 4) is 0 Å². The number of carbonyl (C=O) groups excluding carboxylic acids is 2. The van der Waals surface area contributed by atoms with E-state index in [-0.39, 0.29) is 35.5 Å². The standard InChI is InChI=1S/C22H35N5O2/c1-15-5-3-10-26(14-15)12-9-25-22(23-2)24-8-4-11-27-20(28)18-16-6-7-17(13-16)19(18)21(27)29/h6-7,15-19H,3-5,8-14H2,1-2H3,(H2,23,24,25). The van der Waals surface area contributed by atoms with Crippen molar-refractivity contribution >= 4 is 17.8 Å². The highest BCUT2D eigenvalue weighted by molar-refractivity contribution is 6.06. The first kappa shape index (κ1) is 20.4. The Labute approximate surface area is 174 Å². The molecule has 0 radical (unpaired) electrons. The molecule has 0 spiro atoms. The minimum Gasteiger partial charge on any atom is -0.356 e. The van der Waals surface area contributed by atoms with E-state index in [9.17, 15) is 9.59 Å². The molecule has 4 aliphatic rings. The quantitative estimate of drug-likeness (QED) is 0.219. The van der Waals surface area contributed by atoms with Gasteiger partial charge in [-0.2, -0.15) is 0 Å². The predicted molar refractivity (Wildman–Crippen MR) is 113 cm³/mol. The summed E-state index contributed by atoms with van der Waals surface area (Å²) in [5, 5.41) is 6.68. The van der Waals surface area contributed by atoms with Crippen LogP contribution in [0.2, 0.25) is 0 Å². The first-order chi connectivity index (χ1) is 14.1. The fraction of sp³-hybridized carbons (Fsp3) is 0.773. The molecule has 7 heteroatoms. The molecule has 160 valence electrons. The maximum atomic E-state index is 12.7. The number of aliphatic imine (C=N–C) groups is 1. The van der Waals surface area contributed by atoms with Crippen molar-refractivity contribution in [3.63, 3.8) is 0 Å². The molecular weight excluding hydrogens is 366 g/mol. The van der Waals surface area contributed by atoms with E-state index in [1.165, 1.54) is 30.8 Å². The Bertz CT molecular complexity index is 661. The molecule has 2 heterocycles. The molecule has 0 aromatic heterocycles. The van der Waals surface area contributed by atoms with E-state index in [0.29, 0.717) is 13.1 Å². The number of imide groups is 1. The zero-order valence-electron chi connectivity index (χ0n) is 17.8. The topological polar surface area (TPSA) is 77.0 Å². The van der Waals surface area contributed by atoms with Gasteiger partial charge in [0.25, 0.3) is 0 Å². The summed E-state index contributed by atoms with van der Waals surface area (Å²) in [5.74, 6) is 2.09. The van der Waals surface area contributed by atoms with Gasteiger partial charge in [-0.3, -0.25) is 19.5 Å². The number of hydrogen-bond donors (Lipinski definition) is 2. The van der Waals surface area contributed by atoms with Crippen LogP contribution in [0.3, 0.4) is 0 Å². The summed E-state index contributed by atoms with van der Waals surface area (Å²) in [4.78, 5) is 33.7. The minimum atomic E-state index is -0.0857. The van der Waals surface area contributed by atoms with Crippen molar-refractivity contribution in [2.24, 2.45) is 34.6 Å². The SMILES string of the molecule is CN=C(NCCCN1C(=O)C2C3C=CC(C3)C2C1=O)NCCN1CCCC(C)C1. The van der Waals surface area contributed by atoms with Gasteiger partial charge < -0.3 is 15.5 Å². The number of likely N-dealkylation sites (tertiary alicyclic amines) is 2. The number of nitrogens with zero attached hydrogens (tertiary/aromatic N) is 3. The van der Waals surface area contributed by atoms with Crippen LogP contribution in [-0.2, 0) is 9.59 Å². The molecule has 5 atom stereocenters. The van der Waals surface area contributed by atoms with E-state index >= 15 is 0 Å². The van der Waals surface area contributed by atoms with Crippen LogP contribution in [0, 0.1) is 29.6 Å². The molecular formula is C22H35N5O2. The van der Waals surface area contributed by atoms with E-state index in [1.807, 2.05) is 0 Å². The Kier molecular flexibility index (Phi) is 6.23. The Balaban J connectivity index is 1.15. The number of nitrogens with one attached hydrogen (secondary N) is 2. The second-order valence-electron chi connectivity index (χ2n) is 9.16. The van der Waals surface area contributed by atoms with E-state index in [0.717, 1.165) is 37.8 Å². The molecule has 5 unspecified atom stereocenters. The van der Waals surface area contributed by atoms with Crippen molar-refractivity contribution < 1.29 is 9.59 Å². The lowest BCUT2D eigenvalue weighted by molar-refractivity contribution is -0.140. The summed E-state index contributed by atoms with van der Waals surface area (Å²) in [6.07, 6.45) is 8.64. The number of amides is 2. The molecule has 2 bridgehead atoms. The molecule has 7 nitrogen and oxygen atoms in total. The van der Waals surface area contributed by atoms with E-state index in [2.05, 4.69) is 39.6 Å². The van der Waals surface area contributed by atoms with Crippen LogP contribution in [0.15, 0.2) is 17.1 Å². The van der Waals surface area contributed by atoms with Gasteiger partial charge in [0.05, 0.1) is 11.8 Å². The van der Waals surface area contributed by atoms with Gasteiger partial charge in [-0.15, -0.1) is 0 Å². The van der Waals surface area contributed by atoms with Crippen LogP contribution in [0.5, 0.6) is 0 Å². The van der Waals surface area contributed by atoms with Gasteiger partial charge in [0, 0.05) is 39.8 Å². The predicted octanol–water partition coefficient (Wildman–Crippen LogP) is 1.08. The Morgan fingerprint density at radius 1 is 1.10 bits per heavy atom. The molecule has 2 amide bonds. The zero-order chi connectivity index (χ0) is 20.4. The summed E-state index contributed by atoms with van der Waals surface area (Å²) in [7, 11) is 1.77. The van der Waals surface area contributed by atoms with Crippen LogP contribution in [0.25, 0.3) is 0 Å². The van der Waals surface area contributed by atoms with Crippen LogP contribution >= 0.6 is 0 Å². The fourth-order valence-electron chi connectivity index (χ4n) is 5.67. The number of piperidine rings is 1. The Morgan fingerprint density at radius 2 is 1.79 bits per heavy atom. The summed E-state index contributed by atoms with van der Waals surface area (Å²) < 4.78 is 0. The average molecular weight is 402 g/mol. The molecule has 2 saturated heterocycles. The van der Waals surface area contributed by atoms with Crippen LogP contribution in [0.4, 0.5) is 0 Å². The zero-order valence-corrected chi connectivity index (χ0v) is 17.8. The average Bonchev–Trinajstić information content (AvgIpc) is 3.39. The van der Waals surface area contributed by atoms with Crippen molar-refractivity contribution in [1.82, 2.24) is 20.4 Å². The van der Waals surface area contributed by atoms with Crippen molar-refractivity contribution in [1.29, 1.82) is 0 Å². The monoisotopic (exact) mass is 401 g/mol. The smallest absolute Gasteiger partial charge is 0.233 e. The maximum absolute atomic E-state index is 12.7. The van der Waals surface area contributed by atoms with Gasteiger partial charge in [0.2, 0.25) is 11.8 Å². The first-order valence-corrected chi connectivity index (χ1v) is 11.3. The van der Waals surface area contributed by atoms with E-state index in [4.69, 9.17) is 0 Å². The number of hydrogen-bond acceptors (Lipinski definition) is 4. The van der Waals surface area contributed by atoms with Gasteiger partial charge in [0.1, 0.15) is 0 Å². The molecule has 4 rings (SSSR count). The van der Waals surface area contributed by atoms with Gasteiger partial charge in [-0.05, 0) is 50.0 Å². The van der Waals surface area contributed by atoms with Gasteiger partial charge >= 0.3 is 0 Å². The van der Waals surface area contributed by atoms with Gasteiger partial charge in [0.15, 0.2) is 5.96 Å². The number of fused-ring (bicyclic) bond motifs is 5. The maximum Gasteiger partial charge on any atom is 0.233 e. The van der Waals surface area contributed by atoms with E-state index in [1.54, 1.807) is 7.05 Å². The first-order valence-electron chi connectivity index (χ1n) is 11.3. The summed E-state index contributed by atoms with van der Waals surface area (Å²) in [6, 6.07) is 0. The van der Waals surface area contributed by atoms with Crippen LogP contribution in [-0.4, -0.2) is 73.9 Å². The van der Waals surface area contributed by atoms with Crippen molar-refractivity contribution in [2.75, 3.05) is 46.3 Å². The highest BCUT2D eigenvalue weighted by Gasteiger charge is 2.58. The molecule has 1 saturated carbocycles. The molecule has 2 N–H and O–H groups in total. The third kappa shape index (κ3) is 4.20.